The molecule has 0 aromatic heterocycles. The third-order valence-corrected chi connectivity index (χ3v) is 3.37. The lowest BCUT2D eigenvalue weighted by Gasteiger charge is -2.09. The first-order chi connectivity index (χ1) is 8.77. The van der Waals surface area contributed by atoms with Gasteiger partial charge in [0.2, 0.25) is 0 Å². The molecule has 0 aliphatic carbocycles. The number of ether oxygens (including phenoxy) is 1. The lowest BCUT2D eigenvalue weighted by Crippen LogP contribution is -2.02. The molecule has 0 aliphatic heterocycles. The van der Waals surface area contributed by atoms with E-state index in [1.807, 2.05) is 18.2 Å². The summed E-state index contributed by atoms with van der Waals surface area (Å²) in [7, 11) is 0. The van der Waals surface area contributed by atoms with Crippen molar-refractivity contribution >= 4 is 17.4 Å². The van der Waals surface area contributed by atoms with Crippen molar-refractivity contribution in [2.75, 3.05) is 18.1 Å². The van der Waals surface area contributed by atoms with Crippen molar-refractivity contribution < 1.29 is 9.84 Å². The van der Waals surface area contributed by atoms with Crippen molar-refractivity contribution in [3.8, 4) is 11.5 Å². The minimum absolute atomic E-state index is 0.0585. The molecule has 2 aromatic rings. The molecule has 0 saturated heterocycles. The van der Waals surface area contributed by atoms with Gasteiger partial charge in [0, 0.05) is 10.6 Å². The highest BCUT2D eigenvalue weighted by atomic mass is 32.2. The van der Waals surface area contributed by atoms with Crippen LogP contribution in [-0.4, -0.2) is 17.5 Å². The van der Waals surface area contributed by atoms with E-state index in [1.54, 1.807) is 30.0 Å². The summed E-state index contributed by atoms with van der Waals surface area (Å²) in [5.41, 5.74) is 5.99. The minimum atomic E-state index is 0.0585. The van der Waals surface area contributed by atoms with Gasteiger partial charge < -0.3 is 15.6 Å². The zero-order valence-electron chi connectivity index (χ0n) is 9.87. The van der Waals surface area contributed by atoms with Crippen LogP contribution in [0.4, 0.5) is 5.69 Å². The number of para-hydroxylation sites is 1. The largest absolute Gasteiger partial charge is 0.506 e. The molecule has 0 radical (unpaired) electrons. The Hall–Kier alpha value is -1.81. The fourth-order valence-electron chi connectivity index (χ4n) is 1.49. The molecule has 0 fully saturated rings. The number of thioether (sulfide) groups is 1. The summed E-state index contributed by atoms with van der Waals surface area (Å²) >= 11 is 1.72. The summed E-state index contributed by atoms with van der Waals surface area (Å²) in [6.45, 7) is 0.549. The standard InChI is InChI=1S/C14H15NO2S/c15-14-12(16)7-4-8-13(14)17-9-10-18-11-5-2-1-3-6-11/h1-8,16H,9-10,15H2. The molecule has 0 bridgehead atoms. The van der Waals surface area contributed by atoms with Crippen LogP contribution >= 0.6 is 11.8 Å². The Morgan fingerprint density at radius 2 is 1.83 bits per heavy atom. The number of rotatable bonds is 5. The first-order valence-electron chi connectivity index (χ1n) is 5.65. The van der Waals surface area contributed by atoms with E-state index in [0.717, 1.165) is 5.75 Å². The van der Waals surface area contributed by atoms with Gasteiger partial charge in [-0.3, -0.25) is 0 Å². The van der Waals surface area contributed by atoms with Crippen molar-refractivity contribution in [3.63, 3.8) is 0 Å². The van der Waals surface area contributed by atoms with Crippen LogP contribution in [0.2, 0.25) is 0 Å². The lowest BCUT2D eigenvalue weighted by atomic mass is 10.3. The van der Waals surface area contributed by atoms with E-state index < -0.39 is 0 Å². The molecule has 0 spiro atoms. The summed E-state index contributed by atoms with van der Waals surface area (Å²) in [5, 5.41) is 9.42. The van der Waals surface area contributed by atoms with E-state index in [1.165, 1.54) is 4.90 Å². The van der Waals surface area contributed by atoms with Gasteiger partial charge in [-0.05, 0) is 24.3 Å². The van der Waals surface area contributed by atoms with E-state index in [9.17, 15) is 5.11 Å². The van der Waals surface area contributed by atoms with Gasteiger partial charge in [0.1, 0.15) is 17.2 Å². The molecule has 0 unspecified atom stereocenters. The van der Waals surface area contributed by atoms with Crippen LogP contribution in [0.3, 0.4) is 0 Å². The van der Waals surface area contributed by atoms with Crippen molar-refractivity contribution in [1.82, 2.24) is 0 Å². The number of hydrogen-bond donors (Lipinski definition) is 2. The maximum Gasteiger partial charge on any atom is 0.146 e. The summed E-state index contributed by atoms with van der Waals surface area (Å²) < 4.78 is 5.53. The number of phenols is 1. The van der Waals surface area contributed by atoms with E-state index in [2.05, 4.69) is 12.1 Å². The molecule has 0 atom stereocenters. The fourth-order valence-corrected chi connectivity index (χ4v) is 2.24. The number of nitrogen functional groups attached to an aromatic ring is 1. The topological polar surface area (TPSA) is 55.5 Å². The quantitative estimate of drug-likeness (QED) is 0.376. The fraction of sp³-hybridized carbons (Fsp3) is 0.143. The highest BCUT2D eigenvalue weighted by Crippen LogP contribution is 2.30. The van der Waals surface area contributed by atoms with Gasteiger partial charge in [-0.15, -0.1) is 11.8 Å². The Balaban J connectivity index is 1.81. The van der Waals surface area contributed by atoms with Crippen molar-refractivity contribution in [1.29, 1.82) is 0 Å². The predicted octanol–water partition coefficient (Wildman–Crippen LogP) is 3.15. The molecular formula is C14H15NO2S. The molecule has 0 saturated carbocycles. The molecule has 2 aromatic carbocycles. The second-order valence-corrected chi connectivity index (χ2v) is 4.87. The molecule has 0 heterocycles. The maximum atomic E-state index is 9.42. The highest BCUT2D eigenvalue weighted by molar-refractivity contribution is 7.99. The SMILES string of the molecule is Nc1c(O)cccc1OCCSc1ccccc1. The normalized spacial score (nSPS) is 10.2. The smallest absolute Gasteiger partial charge is 0.146 e. The van der Waals surface area contributed by atoms with E-state index in [4.69, 9.17) is 10.5 Å². The van der Waals surface area contributed by atoms with Gasteiger partial charge in [0.25, 0.3) is 0 Å². The van der Waals surface area contributed by atoms with Crippen LogP contribution in [0, 0.1) is 0 Å². The zero-order valence-corrected chi connectivity index (χ0v) is 10.7. The zero-order chi connectivity index (χ0) is 12.8. The van der Waals surface area contributed by atoms with Crippen LogP contribution in [0.5, 0.6) is 11.5 Å². The van der Waals surface area contributed by atoms with Crippen molar-refractivity contribution in [2.24, 2.45) is 0 Å². The van der Waals surface area contributed by atoms with Crippen LogP contribution < -0.4 is 10.5 Å². The Morgan fingerprint density at radius 1 is 1.06 bits per heavy atom. The van der Waals surface area contributed by atoms with Crippen molar-refractivity contribution in [3.05, 3.63) is 48.5 Å². The summed E-state index contributed by atoms with van der Waals surface area (Å²) in [4.78, 5) is 1.21. The number of benzene rings is 2. The number of phenolic OH excluding ortho intramolecular Hbond substituents is 1. The van der Waals surface area contributed by atoms with Gasteiger partial charge in [-0.2, -0.15) is 0 Å². The average Bonchev–Trinajstić information content (AvgIpc) is 2.40. The van der Waals surface area contributed by atoms with Crippen molar-refractivity contribution in [2.45, 2.75) is 4.90 Å². The summed E-state index contributed by atoms with van der Waals surface area (Å²) in [6.07, 6.45) is 0. The molecule has 94 valence electrons. The minimum Gasteiger partial charge on any atom is -0.506 e. The molecule has 2 rings (SSSR count). The van der Waals surface area contributed by atoms with Gasteiger partial charge in [0.05, 0.1) is 6.61 Å². The Labute approximate surface area is 111 Å². The lowest BCUT2D eigenvalue weighted by molar-refractivity contribution is 0.343. The molecule has 3 N–H and O–H groups in total. The number of hydrogen-bond acceptors (Lipinski definition) is 4. The van der Waals surface area contributed by atoms with Crippen LogP contribution in [-0.2, 0) is 0 Å². The average molecular weight is 261 g/mol. The van der Waals surface area contributed by atoms with Gasteiger partial charge in [-0.1, -0.05) is 24.3 Å². The Kier molecular flexibility index (Phi) is 4.36. The molecule has 4 heteroatoms. The number of nitrogens with two attached hydrogens (primary N) is 1. The van der Waals surface area contributed by atoms with Gasteiger partial charge in [0.15, 0.2) is 0 Å². The molecule has 3 nitrogen and oxygen atoms in total. The molecular weight excluding hydrogens is 246 g/mol. The van der Waals surface area contributed by atoms with Crippen LogP contribution in [0.15, 0.2) is 53.4 Å². The first-order valence-corrected chi connectivity index (χ1v) is 6.64. The molecule has 0 amide bonds. The molecule has 0 aliphatic rings. The summed E-state index contributed by atoms with van der Waals surface area (Å²) in [6, 6.07) is 15.1. The van der Waals surface area contributed by atoms with Crippen LogP contribution in [0.25, 0.3) is 0 Å². The Bertz CT molecular complexity index is 502. The number of anilines is 1. The Morgan fingerprint density at radius 3 is 2.61 bits per heavy atom. The summed E-state index contributed by atoms with van der Waals surface area (Å²) in [5.74, 6) is 1.42. The second-order valence-electron chi connectivity index (χ2n) is 3.70. The monoisotopic (exact) mass is 261 g/mol. The number of aromatic hydroxyl groups is 1. The van der Waals surface area contributed by atoms with E-state index >= 15 is 0 Å². The third kappa shape index (κ3) is 3.34. The van der Waals surface area contributed by atoms with Crippen LogP contribution in [0.1, 0.15) is 0 Å². The predicted molar refractivity (Wildman–Crippen MR) is 75.2 cm³/mol. The second kappa shape index (κ2) is 6.21. The first kappa shape index (κ1) is 12.6. The maximum absolute atomic E-state index is 9.42. The van der Waals surface area contributed by atoms with E-state index in [0.29, 0.717) is 18.0 Å². The van der Waals surface area contributed by atoms with Gasteiger partial charge in [-0.25, -0.2) is 0 Å². The highest BCUT2D eigenvalue weighted by Gasteiger charge is 2.04. The third-order valence-electron chi connectivity index (χ3n) is 2.40. The molecule has 18 heavy (non-hydrogen) atoms. The van der Waals surface area contributed by atoms with E-state index in [-0.39, 0.29) is 5.75 Å². The van der Waals surface area contributed by atoms with Gasteiger partial charge >= 0.3 is 0 Å².